The van der Waals surface area contributed by atoms with Crippen molar-refractivity contribution in [1.29, 1.82) is 5.26 Å². The third kappa shape index (κ3) is 7.52. The van der Waals surface area contributed by atoms with E-state index in [-0.39, 0.29) is 17.7 Å². The molecule has 1 aliphatic carbocycles. The minimum atomic E-state index is -0.863. The molecule has 0 spiro atoms. The molecule has 0 saturated heterocycles. The highest BCUT2D eigenvalue weighted by molar-refractivity contribution is 8.32. The van der Waals surface area contributed by atoms with Crippen LogP contribution in [0.15, 0.2) is 54.7 Å². The molecular weight excluding hydrogens is 598 g/mol. The molecule has 0 radical (unpaired) electrons. The maximum atomic E-state index is 14.0. The molecule has 2 N–H and O–H groups in total. The summed E-state index contributed by atoms with van der Waals surface area (Å²) in [5.41, 5.74) is 7.48. The summed E-state index contributed by atoms with van der Waals surface area (Å²) in [5.74, 6) is 0.0502. The van der Waals surface area contributed by atoms with E-state index in [4.69, 9.17) is 9.84 Å². The molecule has 2 aromatic carbocycles. The zero-order valence-electron chi connectivity index (χ0n) is 27.5. The van der Waals surface area contributed by atoms with Crippen LogP contribution in [0.5, 0.6) is 0 Å². The number of nitriles is 1. The number of carbonyl (C=O) groups excluding carboxylic acids is 2. The van der Waals surface area contributed by atoms with Crippen LogP contribution in [0.1, 0.15) is 57.3 Å². The van der Waals surface area contributed by atoms with E-state index < -0.39 is 16.1 Å². The van der Waals surface area contributed by atoms with E-state index in [2.05, 4.69) is 40.6 Å². The molecule has 0 bridgehead atoms. The Kier molecular flexibility index (Phi) is 9.99. The third-order valence-corrected chi connectivity index (χ3v) is 9.93. The number of benzene rings is 2. The van der Waals surface area contributed by atoms with Gasteiger partial charge in [-0.1, -0.05) is 18.2 Å². The van der Waals surface area contributed by atoms with Gasteiger partial charge in [-0.05, 0) is 98.9 Å². The van der Waals surface area contributed by atoms with Crippen molar-refractivity contribution in [3.8, 4) is 17.2 Å². The Bertz CT molecular complexity index is 1760. The SMILES string of the molecule is Cc1nn(COCCS(C)(C)C)c(C)c1-c1ccc(NC(=O)[C@@H](NC(=O)c2ccnn2C)[C@H]2CCCc3ccc(C#N)cc32)cc1. The molecule has 2 atom stereocenters. The van der Waals surface area contributed by atoms with Gasteiger partial charge in [0.25, 0.3) is 5.91 Å². The van der Waals surface area contributed by atoms with Crippen molar-refractivity contribution >= 4 is 27.5 Å². The van der Waals surface area contributed by atoms with Crippen molar-refractivity contribution in [3.05, 3.63) is 88.5 Å². The topological polar surface area (TPSA) is 127 Å². The number of rotatable bonds is 11. The van der Waals surface area contributed by atoms with E-state index in [9.17, 15) is 14.9 Å². The van der Waals surface area contributed by atoms with Crippen molar-refractivity contribution < 1.29 is 14.3 Å². The van der Waals surface area contributed by atoms with E-state index >= 15 is 0 Å². The summed E-state index contributed by atoms with van der Waals surface area (Å²) in [5, 5.41) is 24.4. The van der Waals surface area contributed by atoms with Gasteiger partial charge in [0.05, 0.1) is 23.9 Å². The van der Waals surface area contributed by atoms with Gasteiger partial charge in [0.2, 0.25) is 5.91 Å². The van der Waals surface area contributed by atoms with Crippen molar-refractivity contribution in [1.82, 2.24) is 24.9 Å². The second kappa shape index (κ2) is 13.9. The summed E-state index contributed by atoms with van der Waals surface area (Å²) in [4.78, 5) is 27.3. The molecule has 4 aromatic rings. The summed E-state index contributed by atoms with van der Waals surface area (Å²) in [6.07, 6.45) is 10.8. The van der Waals surface area contributed by atoms with Crippen LogP contribution in [0.25, 0.3) is 11.1 Å². The van der Waals surface area contributed by atoms with E-state index in [1.807, 2.05) is 54.9 Å². The Morgan fingerprint density at radius 3 is 2.57 bits per heavy atom. The molecule has 2 amide bonds. The molecule has 10 nitrogen and oxygen atoms in total. The number of ether oxygens (including phenoxy) is 1. The Morgan fingerprint density at radius 1 is 1.13 bits per heavy atom. The fraction of sp³-hybridized carbons (Fsp3) is 0.400. The van der Waals surface area contributed by atoms with Crippen LogP contribution in [0.2, 0.25) is 0 Å². The van der Waals surface area contributed by atoms with Gasteiger partial charge in [0, 0.05) is 41.9 Å². The minimum absolute atomic E-state index is 0.295. The van der Waals surface area contributed by atoms with Crippen molar-refractivity contribution in [2.45, 2.75) is 51.8 Å². The van der Waals surface area contributed by atoms with Gasteiger partial charge in [0.1, 0.15) is 18.5 Å². The van der Waals surface area contributed by atoms with Gasteiger partial charge in [-0.25, -0.2) is 14.7 Å². The highest BCUT2D eigenvalue weighted by atomic mass is 32.3. The van der Waals surface area contributed by atoms with Gasteiger partial charge in [-0.2, -0.15) is 15.5 Å². The van der Waals surface area contributed by atoms with Gasteiger partial charge >= 0.3 is 0 Å². The van der Waals surface area contributed by atoms with E-state index in [0.29, 0.717) is 36.7 Å². The molecule has 242 valence electrons. The van der Waals surface area contributed by atoms with Crippen LogP contribution in [0.3, 0.4) is 0 Å². The van der Waals surface area contributed by atoms with Crippen LogP contribution in [-0.4, -0.2) is 68.5 Å². The van der Waals surface area contributed by atoms with Gasteiger partial charge in [-0.3, -0.25) is 14.3 Å². The first kappa shape index (κ1) is 33.0. The molecule has 0 saturated carbocycles. The lowest BCUT2D eigenvalue weighted by molar-refractivity contribution is -0.118. The molecule has 11 heteroatoms. The lowest BCUT2D eigenvalue weighted by Gasteiger charge is -2.32. The van der Waals surface area contributed by atoms with Crippen molar-refractivity contribution in [2.24, 2.45) is 7.05 Å². The largest absolute Gasteiger partial charge is 0.358 e. The average Bonchev–Trinajstić information content (AvgIpc) is 3.58. The number of aryl methyl sites for hydroxylation is 3. The van der Waals surface area contributed by atoms with Gasteiger partial charge in [0.15, 0.2) is 0 Å². The second-order valence-electron chi connectivity index (χ2n) is 12.8. The van der Waals surface area contributed by atoms with Crippen molar-refractivity contribution in [2.75, 3.05) is 36.4 Å². The lowest BCUT2D eigenvalue weighted by Crippen LogP contribution is -2.48. The summed E-state index contributed by atoms with van der Waals surface area (Å²) >= 11 is 0. The fourth-order valence-corrected chi connectivity index (χ4v) is 6.67. The molecular formula is C35H43N7O3S. The lowest BCUT2D eigenvalue weighted by atomic mass is 9.77. The van der Waals surface area contributed by atoms with Crippen LogP contribution < -0.4 is 10.6 Å². The first-order valence-electron chi connectivity index (χ1n) is 15.5. The molecule has 2 aromatic heterocycles. The maximum absolute atomic E-state index is 14.0. The van der Waals surface area contributed by atoms with Crippen LogP contribution in [0, 0.1) is 25.2 Å². The normalized spacial score (nSPS) is 15.5. The number of carbonyl (C=O) groups is 2. The molecule has 2 heterocycles. The first-order valence-corrected chi connectivity index (χ1v) is 18.5. The fourth-order valence-electron chi connectivity index (χ4n) is 6.05. The number of aromatic nitrogens is 4. The second-order valence-corrected chi connectivity index (χ2v) is 17.3. The maximum Gasteiger partial charge on any atom is 0.270 e. The smallest absolute Gasteiger partial charge is 0.270 e. The summed E-state index contributed by atoms with van der Waals surface area (Å²) in [7, 11) is 1.08. The quantitative estimate of drug-likeness (QED) is 0.214. The number of nitrogens with one attached hydrogen (secondary N) is 2. The standard InChI is InChI=1S/C35H43N7O3S/c1-23-32(24(2)42(40-23)22-45-18-19-46(4,5)6)27-12-14-28(15-13-27)38-35(44)33(39-34(43)31-16-17-37-41(31)3)29-9-7-8-26-11-10-25(21-36)20-30(26)29/h10-17,20,29,33H,7-9,18-19,22H2,1-6H3,(H,38,44)(H,39,43)/t29-,33-/m0/s1. The van der Waals surface area contributed by atoms with E-state index in [1.54, 1.807) is 25.4 Å². The number of anilines is 1. The molecule has 0 unspecified atom stereocenters. The zero-order valence-corrected chi connectivity index (χ0v) is 28.3. The number of amides is 2. The molecule has 46 heavy (non-hydrogen) atoms. The minimum Gasteiger partial charge on any atom is -0.358 e. The highest BCUT2D eigenvalue weighted by Crippen LogP contribution is 2.36. The summed E-state index contributed by atoms with van der Waals surface area (Å²) in [6.45, 7) is 5.14. The predicted molar refractivity (Wildman–Crippen MR) is 183 cm³/mol. The summed E-state index contributed by atoms with van der Waals surface area (Å²) < 4.78 is 9.31. The predicted octanol–water partition coefficient (Wildman–Crippen LogP) is 5.30. The Morgan fingerprint density at radius 2 is 1.89 bits per heavy atom. The highest BCUT2D eigenvalue weighted by Gasteiger charge is 2.35. The number of fused-ring (bicyclic) bond motifs is 1. The average molecular weight is 642 g/mol. The van der Waals surface area contributed by atoms with Crippen LogP contribution in [0.4, 0.5) is 5.69 Å². The molecule has 0 aliphatic heterocycles. The summed E-state index contributed by atoms with van der Waals surface area (Å²) in [6, 6.07) is 16.3. The first-order chi connectivity index (χ1) is 21.9. The molecule has 5 rings (SSSR count). The van der Waals surface area contributed by atoms with Gasteiger partial charge in [-0.15, -0.1) is 0 Å². The zero-order chi connectivity index (χ0) is 33.0. The van der Waals surface area contributed by atoms with E-state index in [0.717, 1.165) is 52.2 Å². The van der Waals surface area contributed by atoms with Crippen LogP contribution >= 0.6 is 10.0 Å². The van der Waals surface area contributed by atoms with Crippen molar-refractivity contribution in [3.63, 3.8) is 0 Å². The number of hydrogen-bond acceptors (Lipinski definition) is 6. The number of nitrogens with zero attached hydrogens (tertiary/aromatic N) is 5. The monoisotopic (exact) mass is 641 g/mol. The van der Waals surface area contributed by atoms with Gasteiger partial charge < -0.3 is 15.4 Å². The Hall–Kier alpha value is -4.40. The Labute approximate surface area is 272 Å². The van der Waals surface area contributed by atoms with E-state index in [1.165, 1.54) is 4.68 Å². The van der Waals surface area contributed by atoms with Crippen LogP contribution in [-0.2, 0) is 29.7 Å². The molecule has 0 fully saturated rings. The molecule has 1 aliphatic rings. The third-order valence-electron chi connectivity index (χ3n) is 8.54. The Balaban J connectivity index is 1.35. The number of hydrogen-bond donors (Lipinski definition) is 2.